The molecular weight excluding hydrogens is 506 g/mol. The van der Waals surface area contributed by atoms with Crippen molar-refractivity contribution < 1.29 is 8.83 Å². The standard InChI is InChI=1S/C37H21NO3/c39-37-27-9-3-6-12-33(27)41-36-20-23(13-16-28(36)37)22-14-17-34-29(19-22)30-21-24(15-18-35(30)40-34)38-31-10-4-1-7-25(31)26-8-2-5-11-32(26)38/h1-21H. The number of fused-ring (bicyclic) bond motifs is 8. The quantitative estimate of drug-likeness (QED) is 0.210. The number of para-hydroxylation sites is 3. The second-order valence-corrected chi connectivity index (χ2v) is 10.5. The summed E-state index contributed by atoms with van der Waals surface area (Å²) < 4.78 is 14.7. The van der Waals surface area contributed by atoms with Gasteiger partial charge in [-0.15, -0.1) is 0 Å². The van der Waals surface area contributed by atoms with E-state index in [-0.39, 0.29) is 5.43 Å². The molecule has 0 atom stereocenters. The lowest BCUT2D eigenvalue weighted by Crippen LogP contribution is -2.01. The normalized spacial score (nSPS) is 12.0. The Kier molecular flexibility index (Phi) is 4.44. The average molecular weight is 528 g/mol. The highest BCUT2D eigenvalue weighted by Crippen LogP contribution is 2.37. The van der Waals surface area contributed by atoms with Crippen LogP contribution in [0.1, 0.15) is 0 Å². The van der Waals surface area contributed by atoms with Crippen molar-refractivity contribution in [2.75, 3.05) is 0 Å². The Bertz CT molecular complexity index is 2510. The van der Waals surface area contributed by atoms with Crippen molar-refractivity contribution in [3.63, 3.8) is 0 Å². The topological polar surface area (TPSA) is 48.3 Å². The molecule has 4 nitrogen and oxygen atoms in total. The SMILES string of the molecule is O=c1c2ccccc2oc2cc(-c3ccc4oc5ccc(-n6c7ccccc7c7ccccc76)cc5c4c3)ccc12. The molecule has 0 aliphatic rings. The lowest BCUT2D eigenvalue weighted by Gasteiger charge is -2.08. The van der Waals surface area contributed by atoms with Crippen LogP contribution in [-0.4, -0.2) is 4.57 Å². The van der Waals surface area contributed by atoms with E-state index in [0.29, 0.717) is 21.9 Å². The fourth-order valence-electron chi connectivity index (χ4n) is 6.27. The Hall–Kier alpha value is -5.61. The van der Waals surface area contributed by atoms with Crippen LogP contribution in [0.4, 0.5) is 0 Å². The van der Waals surface area contributed by atoms with Gasteiger partial charge in [0, 0.05) is 27.2 Å². The highest BCUT2D eigenvalue weighted by molar-refractivity contribution is 6.11. The zero-order valence-corrected chi connectivity index (χ0v) is 21.8. The molecule has 0 amide bonds. The molecule has 41 heavy (non-hydrogen) atoms. The predicted molar refractivity (Wildman–Crippen MR) is 167 cm³/mol. The number of aromatic nitrogens is 1. The van der Waals surface area contributed by atoms with Crippen LogP contribution in [0.15, 0.2) is 141 Å². The summed E-state index contributed by atoms with van der Waals surface area (Å²) in [7, 11) is 0. The number of hydrogen-bond acceptors (Lipinski definition) is 3. The number of hydrogen-bond donors (Lipinski definition) is 0. The third kappa shape index (κ3) is 3.19. The zero-order valence-electron chi connectivity index (χ0n) is 21.8. The molecule has 0 aliphatic carbocycles. The average Bonchev–Trinajstić information content (AvgIpc) is 3.56. The first-order chi connectivity index (χ1) is 20.2. The molecule has 0 bridgehead atoms. The van der Waals surface area contributed by atoms with Crippen LogP contribution in [0.25, 0.3) is 82.5 Å². The molecule has 0 N–H and O–H groups in total. The molecule has 0 aliphatic heterocycles. The predicted octanol–water partition coefficient (Wildman–Crippen LogP) is 9.61. The molecule has 6 aromatic carbocycles. The Morgan fingerprint density at radius 3 is 1.73 bits per heavy atom. The Balaban J connectivity index is 1.24. The summed E-state index contributed by atoms with van der Waals surface area (Å²) in [6, 6.07) is 42.9. The summed E-state index contributed by atoms with van der Waals surface area (Å²) in [5.41, 5.74) is 8.28. The van der Waals surface area contributed by atoms with E-state index in [1.165, 1.54) is 21.8 Å². The van der Waals surface area contributed by atoms with Crippen LogP contribution in [0.2, 0.25) is 0 Å². The van der Waals surface area contributed by atoms with Crippen molar-refractivity contribution in [2.45, 2.75) is 0 Å². The van der Waals surface area contributed by atoms with Gasteiger partial charge < -0.3 is 13.4 Å². The first-order valence-electron chi connectivity index (χ1n) is 13.6. The van der Waals surface area contributed by atoms with Crippen molar-refractivity contribution in [2.24, 2.45) is 0 Å². The fourth-order valence-corrected chi connectivity index (χ4v) is 6.27. The van der Waals surface area contributed by atoms with Crippen LogP contribution < -0.4 is 5.43 Å². The minimum Gasteiger partial charge on any atom is -0.456 e. The molecule has 0 radical (unpaired) electrons. The highest BCUT2D eigenvalue weighted by atomic mass is 16.3. The van der Waals surface area contributed by atoms with Crippen molar-refractivity contribution in [1.29, 1.82) is 0 Å². The molecule has 9 rings (SSSR count). The van der Waals surface area contributed by atoms with E-state index in [2.05, 4.69) is 83.4 Å². The van der Waals surface area contributed by atoms with E-state index in [1.807, 2.05) is 42.5 Å². The van der Waals surface area contributed by atoms with Crippen LogP contribution in [0, 0.1) is 0 Å². The van der Waals surface area contributed by atoms with Gasteiger partial charge in [0.15, 0.2) is 0 Å². The van der Waals surface area contributed by atoms with Gasteiger partial charge in [0.05, 0.1) is 21.8 Å². The van der Waals surface area contributed by atoms with Crippen LogP contribution >= 0.6 is 0 Å². The van der Waals surface area contributed by atoms with Gasteiger partial charge in [-0.05, 0) is 77.9 Å². The molecule has 0 unspecified atom stereocenters. The zero-order chi connectivity index (χ0) is 27.1. The van der Waals surface area contributed by atoms with Crippen LogP contribution in [-0.2, 0) is 0 Å². The number of rotatable bonds is 2. The summed E-state index contributed by atoms with van der Waals surface area (Å²) in [5, 5.41) is 5.74. The third-order valence-electron chi connectivity index (χ3n) is 8.20. The summed E-state index contributed by atoms with van der Waals surface area (Å²) in [6.45, 7) is 0. The maximum atomic E-state index is 13.0. The molecule has 0 saturated carbocycles. The van der Waals surface area contributed by atoms with E-state index >= 15 is 0 Å². The van der Waals surface area contributed by atoms with E-state index in [9.17, 15) is 4.79 Å². The molecule has 0 spiro atoms. The monoisotopic (exact) mass is 527 g/mol. The molecule has 3 aromatic heterocycles. The molecule has 0 fully saturated rings. The molecule has 192 valence electrons. The minimum atomic E-state index is -0.0118. The van der Waals surface area contributed by atoms with Gasteiger partial charge in [-0.25, -0.2) is 0 Å². The summed E-state index contributed by atoms with van der Waals surface area (Å²) >= 11 is 0. The molecule has 3 heterocycles. The number of nitrogens with zero attached hydrogens (tertiary/aromatic N) is 1. The fraction of sp³-hybridized carbons (Fsp3) is 0. The first-order valence-corrected chi connectivity index (χ1v) is 13.6. The largest absolute Gasteiger partial charge is 0.456 e. The van der Waals surface area contributed by atoms with Gasteiger partial charge in [0.25, 0.3) is 0 Å². The van der Waals surface area contributed by atoms with Gasteiger partial charge in [-0.3, -0.25) is 4.79 Å². The van der Waals surface area contributed by atoms with Crippen molar-refractivity contribution in [3.05, 3.63) is 138 Å². The van der Waals surface area contributed by atoms with Crippen LogP contribution in [0.5, 0.6) is 0 Å². The van der Waals surface area contributed by atoms with Crippen molar-refractivity contribution in [1.82, 2.24) is 4.57 Å². The Morgan fingerprint density at radius 2 is 0.951 bits per heavy atom. The number of benzene rings is 6. The molecule has 4 heteroatoms. The van der Waals surface area contributed by atoms with E-state index in [1.54, 1.807) is 6.07 Å². The maximum absolute atomic E-state index is 13.0. The van der Waals surface area contributed by atoms with E-state index in [4.69, 9.17) is 8.83 Å². The summed E-state index contributed by atoms with van der Waals surface area (Å²) in [6.07, 6.45) is 0. The smallest absolute Gasteiger partial charge is 0.200 e. The van der Waals surface area contributed by atoms with Gasteiger partial charge in [0.2, 0.25) is 5.43 Å². The van der Waals surface area contributed by atoms with Gasteiger partial charge in [-0.1, -0.05) is 60.7 Å². The lowest BCUT2D eigenvalue weighted by molar-refractivity contribution is 0.660. The maximum Gasteiger partial charge on any atom is 0.200 e. The molecular formula is C37H21NO3. The van der Waals surface area contributed by atoms with E-state index in [0.717, 1.165) is 38.8 Å². The van der Waals surface area contributed by atoms with Crippen LogP contribution in [0.3, 0.4) is 0 Å². The summed E-state index contributed by atoms with van der Waals surface area (Å²) in [5.74, 6) is 0. The highest BCUT2D eigenvalue weighted by Gasteiger charge is 2.15. The van der Waals surface area contributed by atoms with Gasteiger partial charge >= 0.3 is 0 Å². The van der Waals surface area contributed by atoms with E-state index < -0.39 is 0 Å². The lowest BCUT2D eigenvalue weighted by atomic mass is 10.0. The summed E-state index contributed by atoms with van der Waals surface area (Å²) in [4.78, 5) is 13.0. The van der Waals surface area contributed by atoms with Gasteiger partial charge in [-0.2, -0.15) is 0 Å². The minimum absolute atomic E-state index is 0.0118. The molecule has 0 saturated heterocycles. The Labute approximate surface area is 233 Å². The Morgan fingerprint density at radius 1 is 0.415 bits per heavy atom. The molecule has 9 aromatic rings. The number of furan rings is 1. The second kappa shape index (κ2) is 8.20. The van der Waals surface area contributed by atoms with Crippen molar-refractivity contribution in [3.8, 4) is 16.8 Å². The third-order valence-corrected chi connectivity index (χ3v) is 8.20. The first kappa shape index (κ1) is 22.2. The van der Waals surface area contributed by atoms with Crippen molar-refractivity contribution >= 4 is 65.7 Å². The van der Waals surface area contributed by atoms with Gasteiger partial charge in [0.1, 0.15) is 22.3 Å². The second-order valence-electron chi connectivity index (χ2n) is 10.5.